The number of carboxylic acids is 1. The van der Waals surface area contributed by atoms with Crippen molar-refractivity contribution in [2.45, 2.75) is 6.54 Å². The van der Waals surface area contributed by atoms with Crippen LogP contribution in [0.25, 0.3) is 21.9 Å². The maximum absolute atomic E-state index is 11.2. The summed E-state index contributed by atoms with van der Waals surface area (Å²) in [7, 11) is 0. The van der Waals surface area contributed by atoms with Gasteiger partial charge >= 0.3 is 5.97 Å². The van der Waals surface area contributed by atoms with Crippen LogP contribution in [0.15, 0.2) is 49.1 Å². The summed E-state index contributed by atoms with van der Waals surface area (Å²) in [4.78, 5) is 27.1. The number of benzene rings is 1. The van der Waals surface area contributed by atoms with E-state index in [9.17, 15) is 9.90 Å². The molecule has 118 valence electrons. The molecule has 7 nitrogen and oxygen atoms in total. The molecule has 0 saturated heterocycles. The lowest BCUT2D eigenvalue weighted by molar-refractivity contribution is 0.0697. The van der Waals surface area contributed by atoms with Gasteiger partial charge in [0.25, 0.3) is 0 Å². The van der Waals surface area contributed by atoms with Crippen LogP contribution in [0, 0.1) is 0 Å². The minimum Gasteiger partial charge on any atom is -0.478 e. The third kappa shape index (κ3) is 2.41. The van der Waals surface area contributed by atoms with Crippen LogP contribution in [0.1, 0.15) is 15.9 Å². The molecule has 1 aromatic carbocycles. The monoisotopic (exact) mass is 319 g/mol. The van der Waals surface area contributed by atoms with Gasteiger partial charge in [0.2, 0.25) is 0 Å². The van der Waals surface area contributed by atoms with Gasteiger partial charge in [-0.3, -0.25) is 4.98 Å². The average molecular weight is 319 g/mol. The Morgan fingerprint density at radius 1 is 1.25 bits per heavy atom. The van der Waals surface area contributed by atoms with Gasteiger partial charge in [0.05, 0.1) is 10.9 Å². The maximum Gasteiger partial charge on any atom is 0.335 e. The summed E-state index contributed by atoms with van der Waals surface area (Å²) < 4.78 is 0. The fourth-order valence-electron chi connectivity index (χ4n) is 2.68. The van der Waals surface area contributed by atoms with E-state index >= 15 is 0 Å². The molecule has 0 atom stereocenters. The van der Waals surface area contributed by atoms with Gasteiger partial charge in [-0.1, -0.05) is 6.07 Å². The number of aromatic nitrogens is 4. The number of hydrogen-bond donors (Lipinski definition) is 3. The Morgan fingerprint density at radius 2 is 2.17 bits per heavy atom. The minimum atomic E-state index is -0.965. The molecule has 0 aliphatic rings. The van der Waals surface area contributed by atoms with Crippen molar-refractivity contribution in [3.63, 3.8) is 0 Å². The Hall–Kier alpha value is -3.48. The number of hydrogen-bond acceptors (Lipinski definition) is 5. The molecule has 24 heavy (non-hydrogen) atoms. The van der Waals surface area contributed by atoms with Crippen LogP contribution < -0.4 is 5.32 Å². The van der Waals surface area contributed by atoms with Crippen LogP contribution in [0.3, 0.4) is 0 Å². The SMILES string of the molecule is O=C(O)c1ccc2[nH]c3ncnc(NCc4cccnc4)c3c2c1. The van der Waals surface area contributed by atoms with Crippen molar-refractivity contribution in [2.24, 2.45) is 0 Å². The smallest absolute Gasteiger partial charge is 0.335 e. The molecule has 0 aliphatic heterocycles. The summed E-state index contributed by atoms with van der Waals surface area (Å²) in [5.74, 6) is -0.314. The zero-order valence-electron chi connectivity index (χ0n) is 12.5. The van der Waals surface area contributed by atoms with Crippen molar-refractivity contribution in [2.75, 3.05) is 5.32 Å². The second kappa shape index (κ2) is 5.62. The molecule has 3 aromatic heterocycles. The van der Waals surface area contributed by atoms with E-state index in [1.54, 1.807) is 30.6 Å². The number of pyridine rings is 1. The standard InChI is InChI=1S/C17H13N5O2/c23-17(24)11-3-4-13-12(6-11)14-15(20-9-21-16(14)22-13)19-8-10-2-1-5-18-7-10/h1-7,9H,8H2,(H,23,24)(H2,19,20,21,22). The zero-order chi connectivity index (χ0) is 16.5. The number of anilines is 1. The van der Waals surface area contributed by atoms with E-state index in [2.05, 4.69) is 25.3 Å². The highest BCUT2D eigenvalue weighted by Gasteiger charge is 2.13. The number of fused-ring (bicyclic) bond motifs is 3. The first-order valence-corrected chi connectivity index (χ1v) is 7.35. The van der Waals surface area contributed by atoms with Gasteiger partial charge in [-0.2, -0.15) is 0 Å². The summed E-state index contributed by atoms with van der Waals surface area (Å²) in [5.41, 5.74) is 2.73. The van der Waals surface area contributed by atoms with Crippen molar-refractivity contribution in [3.8, 4) is 0 Å². The molecule has 0 aliphatic carbocycles. The van der Waals surface area contributed by atoms with E-state index in [1.807, 2.05) is 12.1 Å². The lowest BCUT2D eigenvalue weighted by Gasteiger charge is -2.06. The predicted molar refractivity (Wildman–Crippen MR) is 89.9 cm³/mol. The number of aromatic amines is 1. The number of nitrogens with zero attached hydrogens (tertiary/aromatic N) is 3. The molecule has 0 amide bonds. The van der Waals surface area contributed by atoms with Crippen molar-refractivity contribution in [1.29, 1.82) is 0 Å². The second-order valence-electron chi connectivity index (χ2n) is 5.35. The first-order chi connectivity index (χ1) is 11.7. The molecule has 7 heteroatoms. The largest absolute Gasteiger partial charge is 0.478 e. The number of H-pyrrole nitrogens is 1. The van der Waals surface area contributed by atoms with Gasteiger partial charge in [-0.05, 0) is 29.8 Å². The van der Waals surface area contributed by atoms with Crippen molar-refractivity contribution in [1.82, 2.24) is 19.9 Å². The average Bonchev–Trinajstić information content (AvgIpc) is 2.99. The molecule has 0 fully saturated rings. The van der Waals surface area contributed by atoms with Crippen LogP contribution >= 0.6 is 0 Å². The molecule has 0 radical (unpaired) electrons. The number of carbonyl (C=O) groups is 1. The highest BCUT2D eigenvalue weighted by atomic mass is 16.4. The first-order valence-electron chi connectivity index (χ1n) is 7.35. The summed E-state index contributed by atoms with van der Waals surface area (Å²) in [5, 5.41) is 14.0. The van der Waals surface area contributed by atoms with Crippen LogP contribution in [0.2, 0.25) is 0 Å². The summed E-state index contributed by atoms with van der Waals surface area (Å²) in [6, 6.07) is 8.78. The zero-order valence-corrected chi connectivity index (χ0v) is 12.5. The Labute approximate surface area is 136 Å². The lowest BCUT2D eigenvalue weighted by atomic mass is 10.1. The molecule has 4 aromatic rings. The normalized spacial score (nSPS) is 11.0. The number of nitrogens with one attached hydrogen (secondary N) is 2. The Balaban J connectivity index is 1.81. The van der Waals surface area contributed by atoms with Gasteiger partial charge < -0.3 is 15.4 Å². The third-order valence-electron chi connectivity index (χ3n) is 3.82. The minimum absolute atomic E-state index is 0.227. The molecular weight excluding hydrogens is 306 g/mol. The fraction of sp³-hybridized carbons (Fsp3) is 0.0588. The molecule has 3 heterocycles. The molecule has 0 spiro atoms. The maximum atomic E-state index is 11.2. The van der Waals surface area contributed by atoms with E-state index in [-0.39, 0.29) is 5.56 Å². The summed E-state index contributed by atoms with van der Waals surface area (Å²) in [6.07, 6.45) is 4.98. The van der Waals surface area contributed by atoms with Gasteiger partial charge in [0.1, 0.15) is 17.8 Å². The number of aromatic carboxylic acids is 1. The van der Waals surface area contributed by atoms with Crippen molar-refractivity contribution >= 4 is 33.7 Å². The van der Waals surface area contributed by atoms with E-state index in [1.165, 1.54) is 6.33 Å². The topological polar surface area (TPSA) is 104 Å². The van der Waals surface area contributed by atoms with Crippen LogP contribution in [-0.2, 0) is 6.54 Å². The summed E-state index contributed by atoms with van der Waals surface area (Å²) in [6.45, 7) is 0.561. The lowest BCUT2D eigenvalue weighted by Crippen LogP contribution is -2.02. The van der Waals surface area contributed by atoms with Crippen molar-refractivity contribution < 1.29 is 9.90 Å². The highest BCUT2D eigenvalue weighted by molar-refractivity contribution is 6.12. The van der Waals surface area contributed by atoms with E-state index < -0.39 is 5.97 Å². The van der Waals surface area contributed by atoms with E-state index in [0.717, 1.165) is 21.9 Å². The van der Waals surface area contributed by atoms with Crippen molar-refractivity contribution in [3.05, 3.63) is 60.2 Å². The Kier molecular flexibility index (Phi) is 3.31. The molecule has 0 saturated carbocycles. The first kappa shape index (κ1) is 14.1. The van der Waals surface area contributed by atoms with E-state index in [0.29, 0.717) is 18.0 Å². The quantitative estimate of drug-likeness (QED) is 0.534. The molecule has 3 N–H and O–H groups in total. The van der Waals surface area contributed by atoms with Gasteiger partial charge in [0, 0.05) is 29.8 Å². The molecule has 0 bridgehead atoms. The summed E-state index contributed by atoms with van der Waals surface area (Å²) >= 11 is 0. The van der Waals surface area contributed by atoms with Gasteiger partial charge in [-0.15, -0.1) is 0 Å². The number of carboxylic acid groups (broad SMARTS) is 1. The molecular formula is C17H13N5O2. The molecule has 0 unspecified atom stereocenters. The third-order valence-corrected chi connectivity index (χ3v) is 3.82. The molecule has 4 rings (SSSR count). The predicted octanol–water partition coefficient (Wildman–Crippen LogP) is 2.82. The van der Waals surface area contributed by atoms with E-state index in [4.69, 9.17) is 0 Å². The van der Waals surface area contributed by atoms with Crippen LogP contribution in [0.4, 0.5) is 5.82 Å². The number of rotatable bonds is 4. The fourth-order valence-corrected chi connectivity index (χ4v) is 2.68. The second-order valence-corrected chi connectivity index (χ2v) is 5.35. The Bertz CT molecular complexity index is 1040. The van der Waals surface area contributed by atoms with Crippen LogP contribution in [-0.4, -0.2) is 31.0 Å². The highest BCUT2D eigenvalue weighted by Crippen LogP contribution is 2.29. The van der Waals surface area contributed by atoms with Gasteiger partial charge in [0.15, 0.2) is 0 Å². The Morgan fingerprint density at radius 3 is 2.96 bits per heavy atom. The van der Waals surface area contributed by atoms with Crippen LogP contribution in [0.5, 0.6) is 0 Å². The van der Waals surface area contributed by atoms with Gasteiger partial charge in [-0.25, -0.2) is 14.8 Å².